The molecule has 1 saturated heterocycles. The van der Waals surface area contributed by atoms with Crippen molar-refractivity contribution in [2.75, 3.05) is 6.61 Å². The van der Waals surface area contributed by atoms with Crippen molar-refractivity contribution < 1.29 is 54.6 Å². The van der Waals surface area contributed by atoms with Gasteiger partial charge in [-0.15, -0.1) is 11.3 Å². The van der Waals surface area contributed by atoms with Crippen LogP contribution in [0.25, 0.3) is 10.2 Å². The minimum Gasteiger partial charge on any atom is -0.484 e. The Kier molecular flexibility index (Phi) is 11.4. The van der Waals surface area contributed by atoms with Gasteiger partial charge in [0.15, 0.2) is 16.6 Å². The second-order valence-electron chi connectivity index (χ2n) is 10.3. The number of benzene rings is 3. The van der Waals surface area contributed by atoms with Gasteiger partial charge in [0.25, 0.3) is 17.5 Å². The number of hydrogen-bond acceptors (Lipinski definition) is 14. The first kappa shape index (κ1) is 37.4. The van der Waals surface area contributed by atoms with Gasteiger partial charge >= 0.3 is 21.6 Å². The first-order valence-electron chi connectivity index (χ1n) is 14.3. The summed E-state index contributed by atoms with van der Waals surface area (Å²) in [5.74, 6) is -4.04. The second kappa shape index (κ2) is 15.6. The fraction of sp³-hybridized carbons (Fsp3) is 0.200. The van der Waals surface area contributed by atoms with Crippen molar-refractivity contribution in [2.45, 2.75) is 34.8 Å². The van der Waals surface area contributed by atoms with Gasteiger partial charge < -0.3 is 19.0 Å². The largest absolute Gasteiger partial charge is 0.534 e. The Bertz CT molecular complexity index is 2060. The maximum Gasteiger partial charge on any atom is 0.534 e. The maximum atomic E-state index is 13.6. The van der Waals surface area contributed by atoms with Crippen LogP contribution in [0.4, 0.5) is 18.9 Å². The number of β-lactam (4-membered cyclic amide) rings is 1. The summed E-state index contributed by atoms with van der Waals surface area (Å²) in [4.78, 5) is 55.4. The highest BCUT2D eigenvalue weighted by Gasteiger charge is 2.54. The number of para-hydroxylation sites is 2. The number of nitro benzene ring substituents is 1. The lowest BCUT2D eigenvalue weighted by Crippen LogP contribution is -2.69. The molecule has 1 N–H and O–H groups in total. The summed E-state index contributed by atoms with van der Waals surface area (Å²) < 4.78 is 80.1. The number of amides is 2. The SMILES string of the molecule is CC(OS(=O)(=O)C(F)(F)F)=C(C(=O)OCc1ccc([N+](=O)[O-])cc1)N1C(=O)[C@@H](NC(=O)COc2ccccc2)[C@H]1SSc1nc2ccccc2s1. The summed E-state index contributed by atoms with van der Waals surface area (Å²) >= 11 is 1.28. The summed E-state index contributed by atoms with van der Waals surface area (Å²) in [5.41, 5.74) is -6.29. The van der Waals surface area contributed by atoms with Gasteiger partial charge in [0.1, 0.15) is 29.5 Å². The Labute approximate surface area is 298 Å². The standard InChI is InChI=1S/C30H23F3N4O10S4/c1-17(47-51(43,44)30(31,32)33)25(28(40)46-15-18-11-13-19(14-12-18)37(41)42)36-26(39)24(35-23(38)16-45-20-7-3-2-4-8-20)27(36)49-50-29-34-21-9-5-6-10-22(21)48-29/h2-14,24,27H,15-16H2,1H3,(H,35,38)/t24-,27-/m1/s1. The second-order valence-corrected chi connectivity index (χ2v) is 15.4. The lowest BCUT2D eigenvalue weighted by Gasteiger charge is -2.46. The number of rotatable bonds is 14. The van der Waals surface area contributed by atoms with Gasteiger partial charge in [0.05, 0.1) is 15.1 Å². The van der Waals surface area contributed by atoms with Crippen molar-refractivity contribution >= 4 is 76.7 Å². The van der Waals surface area contributed by atoms with Crippen LogP contribution in [0.3, 0.4) is 0 Å². The van der Waals surface area contributed by atoms with Crippen LogP contribution in [-0.2, 0) is 40.0 Å². The van der Waals surface area contributed by atoms with E-state index < -0.39 is 74.4 Å². The lowest BCUT2D eigenvalue weighted by molar-refractivity contribution is -0.384. The molecule has 3 aromatic carbocycles. The number of nitro groups is 1. The molecule has 2 atom stereocenters. The highest BCUT2D eigenvalue weighted by molar-refractivity contribution is 8.77. The van der Waals surface area contributed by atoms with E-state index in [9.17, 15) is 46.1 Å². The first-order chi connectivity index (χ1) is 24.1. The van der Waals surface area contributed by atoms with E-state index in [1.807, 2.05) is 6.07 Å². The minimum atomic E-state index is -6.32. The van der Waals surface area contributed by atoms with Gasteiger partial charge in [-0.2, -0.15) is 21.6 Å². The summed E-state index contributed by atoms with van der Waals surface area (Å²) in [6.45, 7) is -0.389. The molecule has 21 heteroatoms. The maximum absolute atomic E-state index is 13.6. The molecule has 268 valence electrons. The van der Waals surface area contributed by atoms with E-state index in [1.54, 1.807) is 48.5 Å². The number of nitrogens with one attached hydrogen (secondary N) is 1. The smallest absolute Gasteiger partial charge is 0.484 e. The van der Waals surface area contributed by atoms with Crippen LogP contribution < -0.4 is 10.1 Å². The van der Waals surface area contributed by atoms with Crippen molar-refractivity contribution in [3.8, 4) is 5.75 Å². The van der Waals surface area contributed by atoms with Crippen LogP contribution >= 0.6 is 32.9 Å². The number of allylic oxidation sites excluding steroid dienone is 1. The molecule has 2 amide bonds. The van der Waals surface area contributed by atoms with Crippen LogP contribution in [0.5, 0.6) is 5.75 Å². The van der Waals surface area contributed by atoms with Crippen molar-refractivity contribution in [3.63, 3.8) is 0 Å². The molecular weight excluding hydrogens is 762 g/mol. The van der Waals surface area contributed by atoms with E-state index in [0.29, 0.717) is 20.5 Å². The van der Waals surface area contributed by atoms with Crippen LogP contribution in [0.1, 0.15) is 12.5 Å². The van der Waals surface area contributed by atoms with Crippen molar-refractivity contribution in [1.82, 2.24) is 15.2 Å². The number of halogens is 3. The molecule has 1 aromatic heterocycles. The number of alkyl halides is 3. The zero-order chi connectivity index (χ0) is 36.9. The Morgan fingerprint density at radius 1 is 1.06 bits per heavy atom. The molecule has 0 aliphatic carbocycles. The normalized spacial score (nSPS) is 16.5. The molecule has 51 heavy (non-hydrogen) atoms. The zero-order valence-electron chi connectivity index (χ0n) is 25.8. The molecule has 1 fully saturated rings. The van der Waals surface area contributed by atoms with Gasteiger partial charge in [-0.05, 0) is 59.7 Å². The quantitative estimate of drug-likeness (QED) is 0.0194. The first-order valence-corrected chi connectivity index (χ1v) is 18.7. The number of thiazole rings is 1. The predicted octanol–water partition coefficient (Wildman–Crippen LogP) is 5.52. The van der Waals surface area contributed by atoms with Crippen molar-refractivity contribution in [3.05, 3.63) is 106 Å². The number of ether oxygens (including phenoxy) is 2. The molecular formula is C30H23F3N4O10S4. The molecule has 1 aliphatic rings. The topological polar surface area (TPSA) is 184 Å². The van der Waals surface area contributed by atoms with E-state index in [0.717, 1.165) is 45.3 Å². The molecule has 0 bridgehead atoms. The molecule has 5 rings (SSSR count). The Morgan fingerprint density at radius 2 is 1.73 bits per heavy atom. The monoisotopic (exact) mass is 784 g/mol. The molecule has 14 nitrogen and oxygen atoms in total. The summed E-state index contributed by atoms with van der Waals surface area (Å²) in [6, 6.07) is 18.8. The average molecular weight is 785 g/mol. The number of non-ortho nitro benzene ring substituents is 1. The van der Waals surface area contributed by atoms with Crippen LogP contribution in [0, 0.1) is 10.1 Å². The highest BCUT2D eigenvalue weighted by Crippen LogP contribution is 2.46. The Morgan fingerprint density at radius 3 is 2.37 bits per heavy atom. The van der Waals surface area contributed by atoms with Gasteiger partial charge in [-0.1, -0.05) is 41.1 Å². The number of likely N-dealkylation sites (tertiary alicyclic amines) is 1. The fourth-order valence-corrected chi connectivity index (χ4v) is 8.80. The molecule has 4 aromatic rings. The molecule has 0 saturated carbocycles. The third-order valence-corrected chi connectivity index (χ3v) is 11.8. The number of fused-ring (bicyclic) bond motifs is 1. The fourth-order valence-electron chi connectivity index (χ4n) is 4.39. The summed E-state index contributed by atoms with van der Waals surface area (Å²) in [5, 5.41) is 12.2. The molecule has 0 unspecified atom stereocenters. The summed E-state index contributed by atoms with van der Waals surface area (Å²) in [7, 11) is -4.40. The zero-order valence-corrected chi connectivity index (χ0v) is 29.0. The van der Waals surface area contributed by atoms with Crippen molar-refractivity contribution in [1.29, 1.82) is 0 Å². The molecule has 0 radical (unpaired) electrons. The lowest BCUT2D eigenvalue weighted by atomic mass is 10.1. The Hall–Kier alpha value is -4.86. The number of carbonyl (C=O) groups excluding carboxylic acids is 3. The average Bonchev–Trinajstić information content (AvgIpc) is 3.51. The van der Waals surface area contributed by atoms with E-state index in [-0.39, 0.29) is 11.3 Å². The molecule has 0 spiro atoms. The third-order valence-electron chi connectivity index (χ3n) is 6.77. The van der Waals surface area contributed by atoms with Crippen LogP contribution in [0.15, 0.2) is 94.7 Å². The van der Waals surface area contributed by atoms with E-state index in [1.165, 1.54) is 23.5 Å². The minimum absolute atomic E-state index is 0.214. The van der Waals surface area contributed by atoms with E-state index in [2.05, 4.69) is 14.5 Å². The van der Waals surface area contributed by atoms with Gasteiger partial charge in [-0.3, -0.25) is 24.6 Å². The van der Waals surface area contributed by atoms with Crippen LogP contribution in [-0.4, -0.2) is 64.5 Å². The van der Waals surface area contributed by atoms with Gasteiger partial charge in [0.2, 0.25) is 0 Å². The predicted molar refractivity (Wildman–Crippen MR) is 179 cm³/mol. The number of aromatic nitrogens is 1. The van der Waals surface area contributed by atoms with Gasteiger partial charge in [0, 0.05) is 12.1 Å². The van der Waals surface area contributed by atoms with Crippen LogP contribution in [0.2, 0.25) is 0 Å². The highest BCUT2D eigenvalue weighted by atomic mass is 33.1. The third kappa shape index (κ3) is 8.90. The molecule has 2 heterocycles. The molecule has 1 aliphatic heterocycles. The van der Waals surface area contributed by atoms with Gasteiger partial charge in [-0.25, -0.2) is 9.78 Å². The number of hydrogen-bond donors (Lipinski definition) is 1. The summed E-state index contributed by atoms with van der Waals surface area (Å²) in [6.07, 6.45) is 0. The van der Waals surface area contributed by atoms with E-state index in [4.69, 9.17) is 9.47 Å². The number of esters is 1. The van der Waals surface area contributed by atoms with Crippen molar-refractivity contribution in [2.24, 2.45) is 0 Å². The Balaban J connectivity index is 1.44. The number of carbonyl (C=O) groups is 3. The van der Waals surface area contributed by atoms with E-state index >= 15 is 0 Å². The number of nitrogens with zero attached hydrogens (tertiary/aromatic N) is 3.